The maximum Gasteiger partial charge on any atom is 0.164 e. The first kappa shape index (κ1) is 23.3. The van der Waals surface area contributed by atoms with Crippen LogP contribution < -0.4 is 19.7 Å². The van der Waals surface area contributed by atoms with E-state index in [1.54, 1.807) is 14.2 Å². The van der Waals surface area contributed by atoms with Crippen molar-refractivity contribution in [1.29, 1.82) is 0 Å². The molecule has 1 aliphatic carbocycles. The Labute approximate surface area is 211 Å². The van der Waals surface area contributed by atoms with Gasteiger partial charge in [-0.25, -0.2) is 0 Å². The van der Waals surface area contributed by atoms with Gasteiger partial charge in [0.2, 0.25) is 0 Å². The van der Waals surface area contributed by atoms with Gasteiger partial charge in [0.1, 0.15) is 0 Å². The van der Waals surface area contributed by atoms with E-state index >= 15 is 0 Å². The third kappa shape index (κ3) is 5.11. The van der Waals surface area contributed by atoms with Crippen LogP contribution in [0, 0.1) is 0 Å². The molecular formula is C29H33BrN2O2. The molecule has 0 spiro atoms. The summed E-state index contributed by atoms with van der Waals surface area (Å²) in [6, 6.07) is 22.7. The van der Waals surface area contributed by atoms with Crippen LogP contribution in [0.25, 0.3) is 11.1 Å². The summed E-state index contributed by atoms with van der Waals surface area (Å²) in [6.07, 6.45) is 4.77. The number of hydrogen-bond donors (Lipinski definition) is 1. The van der Waals surface area contributed by atoms with Crippen molar-refractivity contribution in [2.24, 2.45) is 0 Å². The van der Waals surface area contributed by atoms with Crippen LogP contribution in [-0.4, -0.2) is 33.4 Å². The molecule has 0 bridgehead atoms. The van der Waals surface area contributed by atoms with E-state index in [1.807, 2.05) is 0 Å². The Morgan fingerprint density at radius 3 is 2.32 bits per heavy atom. The van der Waals surface area contributed by atoms with Gasteiger partial charge in [0.25, 0.3) is 0 Å². The van der Waals surface area contributed by atoms with E-state index < -0.39 is 0 Å². The lowest BCUT2D eigenvalue weighted by atomic mass is 9.97. The first-order valence-electron chi connectivity index (χ1n) is 12.2. The monoisotopic (exact) mass is 520 g/mol. The van der Waals surface area contributed by atoms with Gasteiger partial charge >= 0.3 is 0 Å². The van der Waals surface area contributed by atoms with Crippen molar-refractivity contribution in [3.05, 3.63) is 76.3 Å². The number of piperidine rings is 1. The lowest BCUT2D eigenvalue weighted by Gasteiger charge is -2.36. The minimum absolute atomic E-state index is 0.536. The molecular weight excluding hydrogens is 488 g/mol. The number of nitrogens with zero attached hydrogens (tertiary/aromatic N) is 1. The van der Waals surface area contributed by atoms with Crippen molar-refractivity contribution in [1.82, 2.24) is 5.32 Å². The van der Waals surface area contributed by atoms with Gasteiger partial charge in [-0.05, 0) is 104 Å². The zero-order valence-electron chi connectivity index (χ0n) is 20.0. The van der Waals surface area contributed by atoms with Crippen molar-refractivity contribution in [2.75, 3.05) is 32.2 Å². The van der Waals surface area contributed by atoms with Crippen molar-refractivity contribution >= 4 is 21.6 Å². The van der Waals surface area contributed by atoms with Crippen molar-refractivity contribution < 1.29 is 9.47 Å². The van der Waals surface area contributed by atoms with Gasteiger partial charge in [-0.1, -0.05) is 34.1 Å². The van der Waals surface area contributed by atoms with Crippen LogP contribution in [0.5, 0.6) is 11.5 Å². The Morgan fingerprint density at radius 1 is 0.882 bits per heavy atom. The number of anilines is 1. The topological polar surface area (TPSA) is 33.7 Å². The number of ether oxygens (including phenoxy) is 2. The summed E-state index contributed by atoms with van der Waals surface area (Å²) >= 11 is 3.59. The maximum absolute atomic E-state index is 5.72. The molecule has 0 unspecified atom stereocenters. The Morgan fingerprint density at radius 2 is 1.65 bits per heavy atom. The van der Waals surface area contributed by atoms with Crippen LogP contribution in [0.4, 0.5) is 5.69 Å². The molecule has 1 heterocycles. The highest BCUT2D eigenvalue weighted by atomic mass is 79.9. The lowest BCUT2D eigenvalue weighted by Crippen LogP contribution is -2.43. The summed E-state index contributed by atoms with van der Waals surface area (Å²) in [5, 5.41) is 3.51. The fourth-order valence-electron chi connectivity index (χ4n) is 5.09. The van der Waals surface area contributed by atoms with Crippen molar-refractivity contribution in [3.63, 3.8) is 0 Å². The Kier molecular flexibility index (Phi) is 7.12. The second kappa shape index (κ2) is 10.4. The molecule has 2 fully saturated rings. The maximum atomic E-state index is 5.72. The van der Waals surface area contributed by atoms with Crippen molar-refractivity contribution in [2.45, 2.75) is 44.2 Å². The first-order valence-corrected chi connectivity index (χ1v) is 13.0. The summed E-state index contributed by atoms with van der Waals surface area (Å²) in [4.78, 5) is 2.58. The van der Waals surface area contributed by atoms with Gasteiger partial charge in [-0.3, -0.25) is 0 Å². The number of halogens is 1. The van der Waals surface area contributed by atoms with Crippen LogP contribution in [0.3, 0.4) is 0 Å². The van der Waals surface area contributed by atoms with Gasteiger partial charge in [0, 0.05) is 28.3 Å². The average Bonchev–Trinajstić information content (AvgIpc) is 3.73. The quantitative estimate of drug-likeness (QED) is 0.355. The highest BCUT2D eigenvalue weighted by molar-refractivity contribution is 9.10. The van der Waals surface area contributed by atoms with E-state index in [2.05, 4.69) is 86.8 Å². The molecule has 3 aromatic rings. The highest BCUT2D eigenvalue weighted by Crippen LogP contribution is 2.49. The fourth-order valence-corrected chi connectivity index (χ4v) is 5.35. The van der Waals surface area contributed by atoms with Crippen LogP contribution in [-0.2, 0) is 6.54 Å². The molecule has 2 aliphatic rings. The van der Waals surface area contributed by atoms with E-state index in [9.17, 15) is 0 Å². The van der Waals surface area contributed by atoms with E-state index in [-0.39, 0.29) is 0 Å². The second-order valence-corrected chi connectivity index (χ2v) is 10.3. The van der Waals surface area contributed by atoms with Gasteiger partial charge in [-0.2, -0.15) is 0 Å². The molecule has 4 nitrogen and oxygen atoms in total. The van der Waals surface area contributed by atoms with E-state index in [0.29, 0.717) is 12.0 Å². The van der Waals surface area contributed by atoms with Gasteiger partial charge < -0.3 is 19.7 Å². The lowest BCUT2D eigenvalue weighted by molar-refractivity contribution is 0.352. The fraction of sp³-hybridized carbons (Fsp3) is 0.379. The largest absolute Gasteiger partial charge is 0.493 e. The molecule has 3 aromatic carbocycles. The predicted molar refractivity (Wildman–Crippen MR) is 143 cm³/mol. The summed E-state index contributed by atoms with van der Waals surface area (Å²) < 4.78 is 12.6. The second-order valence-electron chi connectivity index (χ2n) is 9.36. The molecule has 1 saturated carbocycles. The molecule has 1 N–H and O–H groups in total. The SMILES string of the molecule is COc1cc(-c2cccc(CN(c3ccc(Br)cc3)C3CCNCC3)c2)cc(C2CC2)c1OC. The molecule has 1 saturated heterocycles. The van der Waals surface area contributed by atoms with Crippen LogP contribution in [0.2, 0.25) is 0 Å². The molecule has 5 heteroatoms. The normalized spacial score (nSPS) is 16.3. The summed E-state index contributed by atoms with van der Waals surface area (Å²) in [6.45, 7) is 3.05. The van der Waals surface area contributed by atoms with Gasteiger partial charge in [0.15, 0.2) is 11.5 Å². The number of nitrogens with one attached hydrogen (secondary N) is 1. The van der Waals surface area contributed by atoms with E-state index in [0.717, 1.165) is 48.4 Å². The first-order chi connectivity index (χ1) is 16.7. The van der Waals surface area contributed by atoms with Crippen LogP contribution in [0.1, 0.15) is 42.7 Å². The number of benzene rings is 3. The molecule has 0 amide bonds. The Hall–Kier alpha value is -2.50. The smallest absolute Gasteiger partial charge is 0.164 e. The molecule has 1 aliphatic heterocycles. The highest BCUT2D eigenvalue weighted by Gasteiger charge is 2.29. The minimum atomic E-state index is 0.536. The molecule has 5 rings (SSSR count). The van der Waals surface area contributed by atoms with Gasteiger partial charge in [0.05, 0.1) is 14.2 Å². The summed E-state index contributed by atoms with van der Waals surface area (Å²) in [5.41, 5.74) is 6.29. The van der Waals surface area contributed by atoms with E-state index in [4.69, 9.17) is 9.47 Å². The standard InChI is InChI=1S/C29H33BrN2O2/c1-33-28-18-23(17-27(21-6-7-21)29(28)34-2)22-5-3-4-20(16-22)19-32(26-12-14-31-15-13-26)25-10-8-24(30)9-11-25/h3-5,8-11,16-18,21,26,31H,6-7,12-15,19H2,1-2H3. The minimum Gasteiger partial charge on any atom is -0.493 e. The van der Waals surface area contributed by atoms with Crippen molar-refractivity contribution in [3.8, 4) is 22.6 Å². The number of rotatable bonds is 8. The predicted octanol–water partition coefficient (Wildman–Crippen LogP) is 6.77. The Balaban J connectivity index is 1.47. The molecule has 34 heavy (non-hydrogen) atoms. The molecule has 0 radical (unpaired) electrons. The summed E-state index contributed by atoms with van der Waals surface area (Å²) in [7, 11) is 3.46. The Bertz CT molecular complexity index is 1120. The molecule has 178 valence electrons. The summed E-state index contributed by atoms with van der Waals surface area (Å²) in [5.74, 6) is 2.29. The number of hydrogen-bond acceptors (Lipinski definition) is 4. The average molecular weight is 521 g/mol. The van der Waals surface area contributed by atoms with Crippen LogP contribution >= 0.6 is 15.9 Å². The van der Waals surface area contributed by atoms with E-state index in [1.165, 1.54) is 40.8 Å². The third-order valence-electron chi connectivity index (χ3n) is 7.05. The zero-order valence-corrected chi connectivity index (χ0v) is 21.6. The van der Waals surface area contributed by atoms with Crippen LogP contribution in [0.15, 0.2) is 65.1 Å². The molecule has 0 aromatic heterocycles. The zero-order chi connectivity index (χ0) is 23.5. The third-order valence-corrected chi connectivity index (χ3v) is 7.57. The molecule has 0 atom stereocenters. The number of methoxy groups -OCH3 is 2. The van der Waals surface area contributed by atoms with Gasteiger partial charge in [-0.15, -0.1) is 0 Å².